The summed E-state index contributed by atoms with van der Waals surface area (Å²) in [7, 11) is -5.43. The summed E-state index contributed by atoms with van der Waals surface area (Å²) in [6, 6.07) is 0. The minimum absolute atomic E-state index is 0.190. The Morgan fingerprint density at radius 3 is 1.94 bits per heavy atom. The maximum Gasteiger partial charge on any atom is 0.523 e. The molecule has 1 N–H and O–H groups in total. The fraction of sp³-hybridized carbons (Fsp3) is 1.00. The topological polar surface area (TPSA) is 88.7 Å². The summed E-state index contributed by atoms with van der Waals surface area (Å²) in [5, 5.41) is 8.08. The molecule has 2 aliphatic heterocycles. The van der Waals surface area contributed by atoms with Gasteiger partial charge in [-0.3, -0.25) is 4.18 Å². The zero-order valence-electron chi connectivity index (χ0n) is 8.51. The van der Waals surface area contributed by atoms with Crippen molar-refractivity contribution in [2.75, 3.05) is 26.4 Å². The number of ether oxygens (including phenoxy) is 2. The largest absolute Gasteiger partial charge is 0.523 e. The van der Waals surface area contributed by atoms with Crippen molar-refractivity contribution in [3.63, 3.8) is 0 Å². The van der Waals surface area contributed by atoms with Crippen molar-refractivity contribution in [2.45, 2.75) is 17.7 Å². The smallest absolute Gasteiger partial charge is 0.394 e. The van der Waals surface area contributed by atoms with E-state index in [1.807, 2.05) is 0 Å². The Kier molecular flexibility index (Phi) is 4.72. The normalized spacial score (nSPS) is 27.1. The van der Waals surface area contributed by atoms with Crippen molar-refractivity contribution in [3.05, 3.63) is 0 Å². The van der Waals surface area contributed by atoms with E-state index in [2.05, 4.69) is 13.7 Å². The maximum atomic E-state index is 11.6. The van der Waals surface area contributed by atoms with E-state index in [4.69, 9.17) is 5.11 Å². The Morgan fingerprint density at radius 1 is 1.24 bits per heavy atom. The Bertz CT molecular complexity index is 332. The summed E-state index contributed by atoms with van der Waals surface area (Å²) < 4.78 is 67.7. The molecule has 2 atom stereocenters. The number of halogens is 3. The van der Waals surface area contributed by atoms with Gasteiger partial charge in [0, 0.05) is 0 Å². The van der Waals surface area contributed by atoms with Gasteiger partial charge in [0.05, 0.1) is 26.4 Å². The molecule has 17 heavy (non-hydrogen) atoms. The number of epoxide rings is 2. The van der Waals surface area contributed by atoms with Crippen LogP contribution in [0.15, 0.2) is 0 Å². The first-order valence-electron chi connectivity index (χ1n) is 4.56. The van der Waals surface area contributed by atoms with Crippen molar-refractivity contribution in [1.29, 1.82) is 0 Å². The molecular weight excluding hydrogens is 269 g/mol. The van der Waals surface area contributed by atoms with Gasteiger partial charge < -0.3 is 14.6 Å². The standard InChI is InChI=1S/C4H5F3O4S.C3H6O2/c5-4(6,7)12(8,9)11-2-3-1-10-3;4-1-3-2-5-3/h3H,1-2H2;3-4H,1-2H2. The van der Waals surface area contributed by atoms with E-state index in [-0.39, 0.29) is 19.3 Å². The van der Waals surface area contributed by atoms with Gasteiger partial charge >= 0.3 is 15.6 Å². The average molecular weight is 280 g/mol. The third kappa shape index (κ3) is 5.64. The van der Waals surface area contributed by atoms with E-state index >= 15 is 0 Å². The number of hydrogen-bond donors (Lipinski definition) is 1. The van der Waals surface area contributed by atoms with Crippen LogP contribution in [0.3, 0.4) is 0 Å². The molecule has 0 amide bonds. The van der Waals surface area contributed by atoms with E-state index in [0.717, 1.165) is 6.61 Å². The van der Waals surface area contributed by atoms with Crippen LogP contribution in [0.25, 0.3) is 0 Å². The SMILES string of the molecule is O=S(=O)(OCC1CO1)C(F)(F)F.OCC1CO1. The summed E-state index contributed by atoms with van der Waals surface area (Å²) in [6.45, 7) is 0.631. The molecule has 2 heterocycles. The predicted octanol–water partition coefficient (Wildman–Crippen LogP) is -0.371. The van der Waals surface area contributed by atoms with Gasteiger partial charge in [-0.2, -0.15) is 21.6 Å². The second-order valence-corrected chi connectivity index (χ2v) is 4.88. The lowest BCUT2D eigenvalue weighted by Gasteiger charge is -2.06. The number of alkyl halides is 3. The number of aliphatic hydroxyl groups excluding tert-OH is 1. The van der Waals surface area contributed by atoms with E-state index < -0.39 is 28.3 Å². The van der Waals surface area contributed by atoms with Gasteiger partial charge in [0.15, 0.2) is 0 Å². The zero-order valence-corrected chi connectivity index (χ0v) is 9.33. The van der Waals surface area contributed by atoms with Gasteiger partial charge in [0.2, 0.25) is 0 Å². The second kappa shape index (κ2) is 5.48. The molecule has 10 heteroatoms. The Morgan fingerprint density at radius 2 is 1.71 bits per heavy atom. The van der Waals surface area contributed by atoms with Crippen LogP contribution in [0, 0.1) is 0 Å². The number of rotatable bonds is 4. The molecule has 2 aliphatic rings. The van der Waals surface area contributed by atoms with Gasteiger partial charge in [-0.1, -0.05) is 0 Å². The highest BCUT2D eigenvalue weighted by molar-refractivity contribution is 7.87. The Labute approximate surface area is 95.4 Å². The molecule has 0 saturated carbocycles. The first kappa shape index (κ1) is 14.6. The molecule has 2 unspecified atom stereocenters. The van der Waals surface area contributed by atoms with Crippen molar-refractivity contribution in [2.24, 2.45) is 0 Å². The molecule has 0 aromatic carbocycles. The Balaban J connectivity index is 0.000000239. The fourth-order valence-electron chi connectivity index (χ4n) is 0.570. The first-order chi connectivity index (χ1) is 7.76. The van der Waals surface area contributed by atoms with Crippen LogP contribution < -0.4 is 0 Å². The molecular formula is C7H11F3O6S. The lowest BCUT2D eigenvalue weighted by Crippen LogP contribution is -2.26. The lowest BCUT2D eigenvalue weighted by molar-refractivity contribution is -0.0544. The van der Waals surface area contributed by atoms with E-state index in [1.165, 1.54) is 0 Å². The van der Waals surface area contributed by atoms with Gasteiger partial charge in [0.25, 0.3) is 0 Å². The lowest BCUT2D eigenvalue weighted by atomic mass is 10.5. The van der Waals surface area contributed by atoms with Crippen LogP contribution in [0.4, 0.5) is 13.2 Å². The van der Waals surface area contributed by atoms with Crippen LogP contribution in [-0.4, -0.2) is 57.7 Å². The van der Waals surface area contributed by atoms with Crippen molar-refractivity contribution in [3.8, 4) is 0 Å². The molecule has 0 aliphatic carbocycles. The van der Waals surface area contributed by atoms with Crippen molar-refractivity contribution >= 4 is 10.1 Å². The molecule has 0 aromatic rings. The minimum atomic E-state index is -5.43. The number of aliphatic hydroxyl groups is 1. The van der Waals surface area contributed by atoms with E-state index in [9.17, 15) is 21.6 Å². The highest BCUT2D eigenvalue weighted by Gasteiger charge is 2.48. The summed E-state index contributed by atoms with van der Waals surface area (Å²) in [4.78, 5) is 0. The van der Waals surface area contributed by atoms with E-state index in [0.29, 0.717) is 0 Å². The molecule has 2 saturated heterocycles. The van der Waals surface area contributed by atoms with Gasteiger partial charge in [-0.25, -0.2) is 0 Å². The molecule has 6 nitrogen and oxygen atoms in total. The van der Waals surface area contributed by atoms with Crippen LogP contribution in [-0.2, 0) is 23.8 Å². The molecule has 0 bridgehead atoms. The zero-order chi connectivity index (χ0) is 13.1. The monoisotopic (exact) mass is 280 g/mol. The predicted molar refractivity (Wildman–Crippen MR) is 47.5 cm³/mol. The quantitative estimate of drug-likeness (QED) is 0.429. The molecule has 0 aromatic heterocycles. The fourth-order valence-corrected chi connectivity index (χ4v) is 1.03. The van der Waals surface area contributed by atoms with Crippen molar-refractivity contribution < 1.29 is 40.4 Å². The van der Waals surface area contributed by atoms with Crippen LogP contribution in [0.5, 0.6) is 0 Å². The van der Waals surface area contributed by atoms with Crippen molar-refractivity contribution in [1.82, 2.24) is 0 Å². The van der Waals surface area contributed by atoms with Crippen LogP contribution in [0.1, 0.15) is 0 Å². The first-order valence-corrected chi connectivity index (χ1v) is 5.97. The van der Waals surface area contributed by atoms with Crippen LogP contribution >= 0.6 is 0 Å². The van der Waals surface area contributed by atoms with Gasteiger partial charge in [-0.15, -0.1) is 0 Å². The summed E-state index contributed by atoms with van der Waals surface area (Å²) in [5.74, 6) is 0. The highest BCUT2D eigenvalue weighted by Crippen LogP contribution is 2.25. The molecule has 0 spiro atoms. The maximum absolute atomic E-state index is 11.6. The third-order valence-corrected chi connectivity index (χ3v) is 2.71. The van der Waals surface area contributed by atoms with Crippen LogP contribution in [0.2, 0.25) is 0 Å². The average Bonchev–Trinajstić information content (AvgIpc) is 3.07. The second-order valence-electron chi connectivity index (χ2n) is 3.28. The summed E-state index contributed by atoms with van der Waals surface area (Å²) in [5.41, 5.74) is -5.35. The Hall–Kier alpha value is -0.420. The molecule has 102 valence electrons. The van der Waals surface area contributed by atoms with Gasteiger partial charge in [-0.05, 0) is 0 Å². The minimum Gasteiger partial charge on any atom is -0.394 e. The van der Waals surface area contributed by atoms with Gasteiger partial charge in [0.1, 0.15) is 12.2 Å². The molecule has 2 fully saturated rings. The molecule has 0 radical (unpaired) electrons. The summed E-state index contributed by atoms with van der Waals surface area (Å²) in [6.07, 6.45) is -0.322. The third-order valence-electron chi connectivity index (χ3n) is 1.70. The number of hydrogen-bond acceptors (Lipinski definition) is 6. The highest BCUT2D eigenvalue weighted by atomic mass is 32.2. The summed E-state index contributed by atoms with van der Waals surface area (Å²) >= 11 is 0. The molecule has 2 rings (SSSR count). The van der Waals surface area contributed by atoms with E-state index in [1.54, 1.807) is 0 Å².